The Balaban J connectivity index is 2.22. The highest BCUT2D eigenvalue weighted by molar-refractivity contribution is 6.18. The van der Waals surface area contributed by atoms with E-state index in [1.54, 1.807) is 0 Å². The van der Waals surface area contributed by atoms with Gasteiger partial charge < -0.3 is 9.80 Å². The van der Waals surface area contributed by atoms with Gasteiger partial charge in [0.1, 0.15) is 0 Å². The van der Waals surface area contributed by atoms with Crippen LogP contribution in [0.2, 0.25) is 0 Å². The molecule has 4 heteroatoms. The fraction of sp³-hybridized carbons (Fsp3) is 0.600. The van der Waals surface area contributed by atoms with Crippen molar-refractivity contribution < 1.29 is 0 Å². The summed E-state index contributed by atoms with van der Waals surface area (Å²) in [7, 11) is 0. The van der Waals surface area contributed by atoms with Crippen LogP contribution in [0.5, 0.6) is 0 Å². The Labute approximate surface area is 95.8 Å². The zero-order valence-corrected chi connectivity index (χ0v) is 9.71. The fourth-order valence-electron chi connectivity index (χ4n) is 1.22. The van der Waals surface area contributed by atoms with Gasteiger partial charge in [0, 0.05) is 49.6 Å². The molecule has 0 N–H and O–H groups in total. The van der Waals surface area contributed by atoms with Crippen molar-refractivity contribution in [2.45, 2.75) is 12.8 Å². The van der Waals surface area contributed by atoms with Gasteiger partial charge in [-0.25, -0.2) is 0 Å². The Hall–Kier alpha value is -0.340. The molecule has 1 aliphatic heterocycles. The van der Waals surface area contributed by atoms with Crippen LogP contribution in [0.3, 0.4) is 0 Å². The zero-order chi connectivity index (χ0) is 10.2. The maximum absolute atomic E-state index is 5.62. The first-order valence-electron chi connectivity index (χ1n) is 4.87. The van der Waals surface area contributed by atoms with E-state index in [9.17, 15) is 0 Å². The molecule has 0 aliphatic carbocycles. The fourth-order valence-corrected chi connectivity index (χ4v) is 1.46. The highest BCUT2D eigenvalue weighted by Crippen LogP contribution is 2.06. The topological polar surface area (TPSA) is 6.48 Å². The summed E-state index contributed by atoms with van der Waals surface area (Å²) in [5.41, 5.74) is 0. The van der Waals surface area contributed by atoms with Gasteiger partial charge in [-0.2, -0.15) is 0 Å². The van der Waals surface area contributed by atoms with Crippen molar-refractivity contribution in [2.24, 2.45) is 0 Å². The van der Waals surface area contributed by atoms with Gasteiger partial charge in [0.15, 0.2) is 0 Å². The molecule has 1 heterocycles. The lowest BCUT2D eigenvalue weighted by Crippen LogP contribution is -2.21. The second-order valence-corrected chi connectivity index (χ2v) is 3.91. The molecular weight excluding hydrogens is 219 g/mol. The van der Waals surface area contributed by atoms with Crippen LogP contribution in [0.15, 0.2) is 24.8 Å². The van der Waals surface area contributed by atoms with E-state index >= 15 is 0 Å². The predicted octanol–water partition coefficient (Wildman–Crippen LogP) is 2.80. The van der Waals surface area contributed by atoms with E-state index in [2.05, 4.69) is 34.6 Å². The van der Waals surface area contributed by atoms with Crippen LogP contribution >= 0.6 is 23.2 Å². The summed E-state index contributed by atoms with van der Waals surface area (Å²) in [5.74, 6) is 1.43. The third-order valence-corrected chi connectivity index (χ3v) is 2.53. The SMILES string of the molecule is ClCCCN1C=CN(CCCCl)C=C1. The predicted molar refractivity (Wildman–Crippen MR) is 62.4 cm³/mol. The van der Waals surface area contributed by atoms with Crippen molar-refractivity contribution in [2.75, 3.05) is 24.8 Å². The monoisotopic (exact) mass is 234 g/mol. The van der Waals surface area contributed by atoms with E-state index in [4.69, 9.17) is 23.2 Å². The van der Waals surface area contributed by atoms with Crippen molar-refractivity contribution in [1.29, 1.82) is 0 Å². The summed E-state index contributed by atoms with van der Waals surface area (Å²) in [6.45, 7) is 1.97. The van der Waals surface area contributed by atoms with E-state index in [1.807, 2.05) is 0 Å². The summed E-state index contributed by atoms with van der Waals surface area (Å²) in [5, 5.41) is 0. The molecule has 0 spiro atoms. The lowest BCUT2D eigenvalue weighted by Gasteiger charge is -2.24. The van der Waals surface area contributed by atoms with Crippen LogP contribution in [0.25, 0.3) is 0 Å². The third kappa shape index (κ3) is 4.25. The molecule has 0 saturated heterocycles. The van der Waals surface area contributed by atoms with Gasteiger partial charge in [0.05, 0.1) is 0 Å². The van der Waals surface area contributed by atoms with Gasteiger partial charge in [0.25, 0.3) is 0 Å². The molecule has 0 saturated carbocycles. The van der Waals surface area contributed by atoms with Gasteiger partial charge >= 0.3 is 0 Å². The average Bonchev–Trinajstić information content (AvgIpc) is 2.25. The molecule has 0 amide bonds. The summed E-state index contributed by atoms with van der Waals surface area (Å²) in [6, 6.07) is 0. The Morgan fingerprint density at radius 2 is 1.07 bits per heavy atom. The molecule has 0 aromatic rings. The molecule has 0 unspecified atom stereocenters. The molecule has 2 nitrogen and oxygen atoms in total. The minimum absolute atomic E-state index is 0.716. The van der Waals surface area contributed by atoms with E-state index < -0.39 is 0 Å². The van der Waals surface area contributed by atoms with Gasteiger partial charge in [-0.3, -0.25) is 0 Å². The van der Waals surface area contributed by atoms with Crippen molar-refractivity contribution in [3.63, 3.8) is 0 Å². The van der Waals surface area contributed by atoms with Gasteiger partial charge in [-0.15, -0.1) is 23.2 Å². The normalized spacial score (nSPS) is 15.3. The molecule has 14 heavy (non-hydrogen) atoms. The van der Waals surface area contributed by atoms with Crippen molar-refractivity contribution in [1.82, 2.24) is 9.80 Å². The lowest BCUT2D eigenvalue weighted by atomic mass is 10.4. The van der Waals surface area contributed by atoms with Crippen LogP contribution in [0.4, 0.5) is 0 Å². The Morgan fingerprint density at radius 3 is 1.36 bits per heavy atom. The molecule has 0 aromatic heterocycles. The van der Waals surface area contributed by atoms with Crippen molar-refractivity contribution in [3.05, 3.63) is 24.8 Å². The number of nitrogens with zero attached hydrogens (tertiary/aromatic N) is 2. The van der Waals surface area contributed by atoms with E-state index in [-0.39, 0.29) is 0 Å². The van der Waals surface area contributed by atoms with Gasteiger partial charge in [-0.1, -0.05) is 0 Å². The minimum atomic E-state index is 0.716. The summed E-state index contributed by atoms with van der Waals surface area (Å²) < 4.78 is 0. The third-order valence-electron chi connectivity index (χ3n) is 2.00. The molecule has 80 valence electrons. The van der Waals surface area contributed by atoms with E-state index in [1.165, 1.54) is 0 Å². The molecule has 0 bridgehead atoms. The quantitative estimate of drug-likeness (QED) is 0.653. The highest BCUT2D eigenvalue weighted by atomic mass is 35.5. The second-order valence-electron chi connectivity index (χ2n) is 3.16. The first kappa shape index (κ1) is 11.7. The number of hydrogen-bond acceptors (Lipinski definition) is 2. The van der Waals surface area contributed by atoms with Crippen LogP contribution in [0, 0.1) is 0 Å². The van der Waals surface area contributed by atoms with E-state index in [0.717, 1.165) is 25.9 Å². The van der Waals surface area contributed by atoms with Crippen molar-refractivity contribution >= 4 is 23.2 Å². The number of rotatable bonds is 6. The molecule has 0 fully saturated rings. The molecular formula is C10H16Cl2N2. The lowest BCUT2D eigenvalue weighted by molar-refractivity contribution is 0.420. The second kappa shape index (κ2) is 7.02. The number of alkyl halides is 2. The zero-order valence-electron chi connectivity index (χ0n) is 8.20. The first-order valence-corrected chi connectivity index (χ1v) is 5.94. The average molecular weight is 235 g/mol. The molecule has 0 radical (unpaired) electrons. The first-order chi connectivity index (χ1) is 6.86. The summed E-state index contributed by atoms with van der Waals surface area (Å²) >= 11 is 11.2. The van der Waals surface area contributed by atoms with Crippen molar-refractivity contribution in [3.8, 4) is 0 Å². The smallest absolute Gasteiger partial charge is 0.0240 e. The summed E-state index contributed by atoms with van der Waals surface area (Å²) in [6.07, 6.45) is 10.3. The van der Waals surface area contributed by atoms with Crippen LogP contribution in [-0.4, -0.2) is 34.6 Å². The van der Waals surface area contributed by atoms with E-state index in [0.29, 0.717) is 11.8 Å². The summed E-state index contributed by atoms with van der Waals surface area (Å²) in [4.78, 5) is 4.28. The Morgan fingerprint density at radius 1 is 0.714 bits per heavy atom. The number of halogens is 2. The van der Waals surface area contributed by atoms with Gasteiger partial charge in [0.2, 0.25) is 0 Å². The van der Waals surface area contributed by atoms with Crippen LogP contribution < -0.4 is 0 Å². The maximum Gasteiger partial charge on any atom is 0.0240 e. The van der Waals surface area contributed by atoms with Gasteiger partial charge in [-0.05, 0) is 12.8 Å². The maximum atomic E-state index is 5.62. The van der Waals surface area contributed by atoms with Crippen LogP contribution in [-0.2, 0) is 0 Å². The molecule has 1 rings (SSSR count). The highest BCUT2D eigenvalue weighted by Gasteiger charge is 2.02. The molecule has 0 aromatic carbocycles. The standard InChI is InChI=1S/C10H16Cl2N2/c11-3-1-5-13-7-9-14(10-8-13)6-2-4-12/h7-10H,1-6H2. The van der Waals surface area contributed by atoms with Crippen LogP contribution in [0.1, 0.15) is 12.8 Å². The Kier molecular flexibility index (Phi) is 5.88. The Bertz CT molecular complexity index is 170. The minimum Gasteiger partial charge on any atom is -0.351 e. The largest absolute Gasteiger partial charge is 0.351 e. The number of hydrogen-bond donors (Lipinski definition) is 0. The molecule has 1 aliphatic rings. The molecule has 0 atom stereocenters.